The zero-order valence-corrected chi connectivity index (χ0v) is 14.0. The molecule has 0 aliphatic heterocycles. The fourth-order valence-electron chi connectivity index (χ4n) is 1.78. The standard InChI is InChI=1S/C15H17BrFN3O/c1-8(2)13-19-14(18-4)9(3)15(20-13)21-12-6-5-10(17)7-11(12)16/h5-8H,1-4H3,(H,18,19,20). The van der Waals surface area contributed by atoms with Crippen LogP contribution in [0.4, 0.5) is 10.2 Å². The zero-order valence-electron chi connectivity index (χ0n) is 12.4. The molecule has 2 rings (SSSR count). The lowest BCUT2D eigenvalue weighted by atomic mass is 10.2. The van der Waals surface area contributed by atoms with E-state index in [1.54, 1.807) is 13.1 Å². The summed E-state index contributed by atoms with van der Waals surface area (Å²) < 4.78 is 19.5. The minimum atomic E-state index is -0.326. The van der Waals surface area contributed by atoms with E-state index in [9.17, 15) is 4.39 Å². The summed E-state index contributed by atoms with van der Waals surface area (Å²) >= 11 is 3.29. The van der Waals surface area contributed by atoms with E-state index in [1.807, 2.05) is 20.8 Å². The van der Waals surface area contributed by atoms with Gasteiger partial charge >= 0.3 is 0 Å². The van der Waals surface area contributed by atoms with Crippen LogP contribution in [0.1, 0.15) is 31.2 Å². The highest BCUT2D eigenvalue weighted by molar-refractivity contribution is 9.10. The molecular weight excluding hydrogens is 337 g/mol. The van der Waals surface area contributed by atoms with Crippen LogP contribution >= 0.6 is 15.9 Å². The molecule has 1 aromatic carbocycles. The third-order valence-electron chi connectivity index (χ3n) is 2.97. The number of aromatic nitrogens is 2. The first-order valence-corrected chi connectivity index (χ1v) is 7.41. The highest BCUT2D eigenvalue weighted by atomic mass is 79.9. The summed E-state index contributed by atoms with van der Waals surface area (Å²) in [5, 5.41) is 3.04. The van der Waals surface area contributed by atoms with Gasteiger partial charge in [0.05, 0.1) is 10.0 Å². The van der Waals surface area contributed by atoms with E-state index in [0.29, 0.717) is 21.9 Å². The van der Waals surface area contributed by atoms with Gasteiger partial charge in [-0.3, -0.25) is 0 Å². The van der Waals surface area contributed by atoms with Gasteiger partial charge in [-0.05, 0) is 41.1 Å². The SMILES string of the molecule is CNc1nc(C(C)C)nc(Oc2ccc(F)cc2Br)c1C. The van der Waals surface area contributed by atoms with Gasteiger partial charge in [-0.15, -0.1) is 0 Å². The molecule has 0 spiro atoms. The van der Waals surface area contributed by atoms with Crippen molar-refractivity contribution in [3.63, 3.8) is 0 Å². The summed E-state index contributed by atoms with van der Waals surface area (Å²) in [5.41, 5.74) is 0.804. The van der Waals surface area contributed by atoms with E-state index >= 15 is 0 Å². The maximum absolute atomic E-state index is 13.1. The Labute approximate surface area is 131 Å². The van der Waals surface area contributed by atoms with Crippen molar-refractivity contribution in [3.8, 4) is 11.6 Å². The predicted molar refractivity (Wildman–Crippen MR) is 84.6 cm³/mol. The van der Waals surface area contributed by atoms with E-state index in [2.05, 4.69) is 31.2 Å². The topological polar surface area (TPSA) is 47.0 Å². The number of hydrogen-bond donors (Lipinski definition) is 1. The molecule has 0 atom stereocenters. The largest absolute Gasteiger partial charge is 0.437 e. The lowest BCUT2D eigenvalue weighted by Crippen LogP contribution is -2.06. The molecule has 4 nitrogen and oxygen atoms in total. The van der Waals surface area contributed by atoms with Gasteiger partial charge in [-0.1, -0.05) is 13.8 Å². The Balaban J connectivity index is 2.45. The molecule has 0 bridgehead atoms. The number of benzene rings is 1. The fraction of sp³-hybridized carbons (Fsp3) is 0.333. The van der Waals surface area contributed by atoms with Gasteiger partial charge in [0.15, 0.2) is 0 Å². The summed E-state index contributed by atoms with van der Waals surface area (Å²) in [7, 11) is 1.80. The van der Waals surface area contributed by atoms with Crippen molar-refractivity contribution in [1.82, 2.24) is 9.97 Å². The van der Waals surface area contributed by atoms with Crippen LogP contribution in [0.5, 0.6) is 11.6 Å². The molecule has 0 saturated heterocycles. The summed E-state index contributed by atoms with van der Waals surface area (Å²) in [6.45, 7) is 5.91. The number of nitrogens with one attached hydrogen (secondary N) is 1. The lowest BCUT2D eigenvalue weighted by molar-refractivity contribution is 0.449. The molecule has 6 heteroatoms. The van der Waals surface area contributed by atoms with Gasteiger partial charge in [-0.2, -0.15) is 4.98 Å². The Morgan fingerprint density at radius 1 is 1.29 bits per heavy atom. The Morgan fingerprint density at radius 3 is 2.57 bits per heavy atom. The maximum Gasteiger partial charge on any atom is 0.227 e. The van der Waals surface area contributed by atoms with Crippen molar-refractivity contribution in [2.24, 2.45) is 0 Å². The number of hydrogen-bond acceptors (Lipinski definition) is 4. The van der Waals surface area contributed by atoms with Crippen molar-refractivity contribution in [3.05, 3.63) is 39.9 Å². The van der Waals surface area contributed by atoms with Crippen LogP contribution in [0.25, 0.3) is 0 Å². The molecule has 112 valence electrons. The van der Waals surface area contributed by atoms with Gasteiger partial charge in [0.1, 0.15) is 23.2 Å². The van der Waals surface area contributed by atoms with E-state index in [0.717, 1.165) is 11.4 Å². The second kappa shape index (κ2) is 6.39. The highest BCUT2D eigenvalue weighted by Crippen LogP contribution is 2.33. The Bertz CT molecular complexity index is 662. The zero-order chi connectivity index (χ0) is 15.6. The first kappa shape index (κ1) is 15.7. The molecule has 0 unspecified atom stereocenters. The number of nitrogens with zero attached hydrogens (tertiary/aromatic N) is 2. The van der Waals surface area contributed by atoms with Crippen molar-refractivity contribution >= 4 is 21.7 Å². The average Bonchev–Trinajstić information content (AvgIpc) is 2.43. The fourth-order valence-corrected chi connectivity index (χ4v) is 2.21. The molecule has 0 aliphatic carbocycles. The molecule has 0 radical (unpaired) electrons. The second-order valence-corrected chi connectivity index (χ2v) is 5.80. The van der Waals surface area contributed by atoms with Gasteiger partial charge in [-0.25, -0.2) is 9.37 Å². The smallest absolute Gasteiger partial charge is 0.227 e. The number of rotatable bonds is 4. The van der Waals surface area contributed by atoms with Crippen LogP contribution in [0.15, 0.2) is 22.7 Å². The van der Waals surface area contributed by atoms with Crippen LogP contribution in [0.3, 0.4) is 0 Å². The Morgan fingerprint density at radius 2 is 2.00 bits per heavy atom. The molecule has 0 amide bonds. The van der Waals surface area contributed by atoms with Crippen molar-refractivity contribution < 1.29 is 9.13 Å². The van der Waals surface area contributed by atoms with Crippen molar-refractivity contribution in [1.29, 1.82) is 0 Å². The number of halogens is 2. The summed E-state index contributed by atoms with van der Waals surface area (Å²) in [6.07, 6.45) is 0. The molecular formula is C15H17BrFN3O. The normalized spacial score (nSPS) is 10.8. The molecule has 1 aromatic heterocycles. The van der Waals surface area contributed by atoms with Gasteiger partial charge in [0.2, 0.25) is 5.88 Å². The summed E-state index contributed by atoms with van der Waals surface area (Å²) in [5.74, 6) is 2.24. The number of ether oxygens (including phenoxy) is 1. The Hall–Kier alpha value is -1.69. The summed E-state index contributed by atoms with van der Waals surface area (Å²) in [6, 6.07) is 4.27. The minimum Gasteiger partial charge on any atom is -0.437 e. The molecule has 1 heterocycles. The van der Waals surface area contributed by atoms with Crippen molar-refractivity contribution in [2.75, 3.05) is 12.4 Å². The van der Waals surface area contributed by atoms with Gasteiger partial charge < -0.3 is 10.1 Å². The molecule has 2 aromatic rings. The third kappa shape index (κ3) is 3.50. The average molecular weight is 354 g/mol. The van der Waals surface area contributed by atoms with Crippen LogP contribution in [-0.2, 0) is 0 Å². The minimum absolute atomic E-state index is 0.178. The molecule has 1 N–H and O–H groups in total. The van der Waals surface area contributed by atoms with E-state index in [1.165, 1.54) is 12.1 Å². The third-order valence-corrected chi connectivity index (χ3v) is 3.59. The van der Waals surface area contributed by atoms with Crippen LogP contribution in [-0.4, -0.2) is 17.0 Å². The van der Waals surface area contributed by atoms with Crippen LogP contribution in [0, 0.1) is 12.7 Å². The highest BCUT2D eigenvalue weighted by Gasteiger charge is 2.15. The molecule has 0 fully saturated rings. The van der Waals surface area contributed by atoms with E-state index < -0.39 is 0 Å². The molecule has 0 aliphatic rings. The molecule has 21 heavy (non-hydrogen) atoms. The predicted octanol–water partition coefficient (Wildman–Crippen LogP) is 4.64. The van der Waals surface area contributed by atoms with Crippen LogP contribution in [0.2, 0.25) is 0 Å². The number of anilines is 1. The lowest BCUT2D eigenvalue weighted by Gasteiger charge is -2.15. The van der Waals surface area contributed by atoms with E-state index in [4.69, 9.17) is 4.74 Å². The summed E-state index contributed by atoms with van der Waals surface area (Å²) in [4.78, 5) is 8.91. The van der Waals surface area contributed by atoms with Crippen molar-refractivity contribution in [2.45, 2.75) is 26.7 Å². The van der Waals surface area contributed by atoms with Gasteiger partial charge in [0, 0.05) is 13.0 Å². The Kier molecular flexibility index (Phi) is 4.77. The first-order chi connectivity index (χ1) is 9.92. The van der Waals surface area contributed by atoms with Gasteiger partial charge in [0.25, 0.3) is 0 Å². The molecule has 0 saturated carbocycles. The van der Waals surface area contributed by atoms with Crippen LogP contribution < -0.4 is 10.1 Å². The maximum atomic E-state index is 13.1. The van der Waals surface area contributed by atoms with E-state index in [-0.39, 0.29) is 11.7 Å². The second-order valence-electron chi connectivity index (χ2n) is 4.94. The quantitative estimate of drug-likeness (QED) is 0.869. The monoisotopic (exact) mass is 353 g/mol. The first-order valence-electron chi connectivity index (χ1n) is 6.61.